The molecule has 2 heterocycles. The number of methoxy groups -OCH3 is 3. The molecule has 0 aliphatic carbocycles. The lowest BCUT2D eigenvalue weighted by atomic mass is 9.94. The van der Waals surface area contributed by atoms with Crippen LogP contribution in [0.25, 0.3) is 5.76 Å². The first-order chi connectivity index (χ1) is 21.7. The van der Waals surface area contributed by atoms with E-state index in [2.05, 4.69) is 10.2 Å². The summed E-state index contributed by atoms with van der Waals surface area (Å²) >= 11 is 14.8. The maximum atomic E-state index is 13.7. The van der Waals surface area contributed by atoms with E-state index < -0.39 is 17.7 Å². The third kappa shape index (κ3) is 6.55. The fourth-order valence-electron chi connectivity index (χ4n) is 4.77. The van der Waals surface area contributed by atoms with E-state index in [1.165, 1.54) is 38.0 Å². The summed E-state index contributed by atoms with van der Waals surface area (Å²) < 4.78 is 22.6. The SMILES string of the molecule is CCOc1ccc(/C(O)=C2/C(=O)C(=O)N(c3nnc(SCc4ccc(Cl)cc4Cl)s3)C2c2cc(OC)c(OC)c(OC)c2)cc1. The Morgan fingerprint density at radius 2 is 1.67 bits per heavy atom. The van der Waals surface area contributed by atoms with E-state index in [4.69, 9.17) is 42.1 Å². The van der Waals surface area contributed by atoms with Gasteiger partial charge in [0.25, 0.3) is 5.78 Å². The molecule has 1 aromatic heterocycles. The number of hydrogen-bond acceptors (Lipinski definition) is 11. The van der Waals surface area contributed by atoms with Crippen LogP contribution in [0, 0.1) is 0 Å². The molecule has 4 aromatic rings. The smallest absolute Gasteiger partial charge is 0.301 e. The number of carbonyl (C=O) groups is 2. The minimum absolute atomic E-state index is 0.143. The van der Waals surface area contributed by atoms with Crippen LogP contribution in [0.1, 0.15) is 29.7 Å². The number of rotatable bonds is 11. The van der Waals surface area contributed by atoms with Crippen molar-refractivity contribution >= 4 is 68.9 Å². The normalized spacial score (nSPS) is 15.8. The Morgan fingerprint density at radius 1 is 0.978 bits per heavy atom. The van der Waals surface area contributed by atoms with E-state index >= 15 is 0 Å². The summed E-state index contributed by atoms with van der Waals surface area (Å²) in [6.07, 6.45) is 0. The van der Waals surface area contributed by atoms with Crippen molar-refractivity contribution in [3.8, 4) is 23.0 Å². The molecule has 1 unspecified atom stereocenters. The molecule has 14 heteroatoms. The highest BCUT2D eigenvalue weighted by molar-refractivity contribution is 8.00. The quantitative estimate of drug-likeness (QED) is 0.0570. The molecule has 45 heavy (non-hydrogen) atoms. The van der Waals surface area contributed by atoms with Gasteiger partial charge in [-0.25, -0.2) is 0 Å². The van der Waals surface area contributed by atoms with Crippen LogP contribution in [0.15, 0.2) is 64.5 Å². The summed E-state index contributed by atoms with van der Waals surface area (Å²) in [6, 6.07) is 13.9. The maximum absolute atomic E-state index is 13.7. The molecule has 0 bridgehead atoms. The Labute approximate surface area is 277 Å². The highest BCUT2D eigenvalue weighted by atomic mass is 35.5. The molecule has 0 spiro atoms. The van der Waals surface area contributed by atoms with Gasteiger partial charge in [-0.3, -0.25) is 14.5 Å². The second-order valence-corrected chi connectivity index (χ2v) is 12.5. The first-order valence-corrected chi connectivity index (χ1v) is 16.0. The molecule has 1 atom stereocenters. The van der Waals surface area contributed by atoms with Gasteiger partial charge in [0.2, 0.25) is 10.9 Å². The zero-order valence-corrected chi connectivity index (χ0v) is 27.6. The molecule has 0 saturated carbocycles. The van der Waals surface area contributed by atoms with Crippen LogP contribution in [0.3, 0.4) is 0 Å². The summed E-state index contributed by atoms with van der Waals surface area (Å²) in [6.45, 7) is 2.32. The van der Waals surface area contributed by atoms with Crippen molar-refractivity contribution in [3.63, 3.8) is 0 Å². The van der Waals surface area contributed by atoms with Gasteiger partial charge in [-0.2, -0.15) is 0 Å². The third-order valence-corrected chi connectivity index (χ3v) is 9.55. The van der Waals surface area contributed by atoms with Crippen LogP contribution in [-0.4, -0.2) is 54.9 Å². The average Bonchev–Trinajstić information content (AvgIpc) is 3.61. The van der Waals surface area contributed by atoms with E-state index in [1.54, 1.807) is 48.5 Å². The molecule has 1 aliphatic rings. The van der Waals surface area contributed by atoms with Crippen LogP contribution >= 0.6 is 46.3 Å². The van der Waals surface area contributed by atoms with Crippen LogP contribution < -0.4 is 23.8 Å². The second-order valence-electron chi connectivity index (χ2n) is 9.46. The number of halogens is 2. The molecule has 1 amide bonds. The van der Waals surface area contributed by atoms with Crippen molar-refractivity contribution in [3.05, 3.63) is 86.9 Å². The van der Waals surface area contributed by atoms with Crippen molar-refractivity contribution in [2.75, 3.05) is 32.8 Å². The summed E-state index contributed by atoms with van der Waals surface area (Å²) in [7, 11) is 4.38. The monoisotopic (exact) mass is 687 g/mol. The van der Waals surface area contributed by atoms with Crippen molar-refractivity contribution in [1.29, 1.82) is 0 Å². The molecule has 1 aliphatic heterocycles. The van der Waals surface area contributed by atoms with Crippen molar-refractivity contribution in [1.82, 2.24) is 10.2 Å². The number of Topliss-reactive ketones (excluding diaryl/α,β-unsaturated/α-hetero) is 1. The van der Waals surface area contributed by atoms with Crippen LogP contribution in [0.4, 0.5) is 5.13 Å². The minimum atomic E-state index is -1.11. The third-order valence-electron chi connectivity index (χ3n) is 6.85. The zero-order valence-electron chi connectivity index (χ0n) is 24.5. The standard InChI is InChI=1S/C31H27Cl2N3O7S2/c1-5-43-20-10-7-16(8-11-20)26(37)24-25(18-12-22(40-2)28(42-4)23(13-18)41-3)36(29(39)27(24)38)30-34-35-31(45-30)44-15-17-6-9-19(32)14-21(17)33/h6-14,25,37H,5,15H2,1-4H3/b26-24-. The van der Waals surface area contributed by atoms with E-state index in [-0.39, 0.29) is 16.5 Å². The van der Waals surface area contributed by atoms with Gasteiger partial charge in [0.1, 0.15) is 11.5 Å². The van der Waals surface area contributed by atoms with Crippen molar-refractivity contribution in [2.45, 2.75) is 23.1 Å². The van der Waals surface area contributed by atoms with Crippen molar-refractivity contribution < 1.29 is 33.6 Å². The Hall–Kier alpha value is -3.97. The van der Waals surface area contributed by atoms with Crippen molar-refractivity contribution in [2.24, 2.45) is 0 Å². The van der Waals surface area contributed by atoms with E-state index in [0.717, 1.165) is 16.9 Å². The number of hydrogen-bond donors (Lipinski definition) is 1. The Balaban J connectivity index is 1.60. The Bertz CT molecular complexity index is 1750. The number of ketones is 1. The van der Waals surface area contributed by atoms with Crippen LogP contribution in [-0.2, 0) is 15.3 Å². The highest BCUT2D eigenvalue weighted by Crippen LogP contribution is 2.48. The molecule has 1 N–H and O–H groups in total. The summed E-state index contributed by atoms with van der Waals surface area (Å²) in [5, 5.41) is 21.3. The number of thioether (sulfide) groups is 1. The van der Waals surface area contributed by atoms with Gasteiger partial charge < -0.3 is 24.1 Å². The average molecular weight is 689 g/mol. The van der Waals surface area contributed by atoms with Gasteiger partial charge in [-0.15, -0.1) is 10.2 Å². The number of amides is 1. The molecule has 1 saturated heterocycles. The van der Waals surface area contributed by atoms with Gasteiger partial charge in [-0.05, 0) is 66.6 Å². The Morgan fingerprint density at radius 3 is 2.27 bits per heavy atom. The lowest BCUT2D eigenvalue weighted by Gasteiger charge is -2.24. The van der Waals surface area contributed by atoms with Gasteiger partial charge in [0, 0.05) is 21.4 Å². The molecule has 5 rings (SSSR count). The summed E-state index contributed by atoms with van der Waals surface area (Å²) in [5.41, 5.74) is 1.43. The number of carbonyl (C=O) groups excluding carboxylic acids is 2. The lowest BCUT2D eigenvalue weighted by Crippen LogP contribution is -2.29. The first-order valence-electron chi connectivity index (χ1n) is 13.4. The molecule has 3 aromatic carbocycles. The van der Waals surface area contributed by atoms with E-state index in [1.807, 2.05) is 13.0 Å². The molecule has 234 valence electrons. The van der Waals surface area contributed by atoms with E-state index in [0.29, 0.717) is 60.9 Å². The van der Waals surface area contributed by atoms with E-state index in [9.17, 15) is 14.7 Å². The number of nitrogens with zero attached hydrogens (tertiary/aromatic N) is 3. The highest BCUT2D eigenvalue weighted by Gasteiger charge is 2.49. The Kier molecular flexibility index (Phi) is 10.1. The predicted molar refractivity (Wildman–Crippen MR) is 174 cm³/mol. The number of ether oxygens (including phenoxy) is 4. The van der Waals surface area contributed by atoms with Crippen LogP contribution in [0.2, 0.25) is 10.0 Å². The number of benzene rings is 3. The fourth-order valence-corrected chi connectivity index (χ4v) is 7.20. The predicted octanol–water partition coefficient (Wildman–Crippen LogP) is 7.19. The second kappa shape index (κ2) is 14.0. The maximum Gasteiger partial charge on any atom is 0.301 e. The molecular formula is C31H27Cl2N3O7S2. The number of aliphatic hydroxyl groups excluding tert-OH is 1. The zero-order chi connectivity index (χ0) is 32.2. The molecule has 1 fully saturated rings. The van der Waals surface area contributed by atoms with Gasteiger partial charge in [-0.1, -0.05) is 52.4 Å². The van der Waals surface area contributed by atoms with Gasteiger partial charge in [0.05, 0.1) is 39.6 Å². The largest absolute Gasteiger partial charge is 0.507 e. The van der Waals surface area contributed by atoms with Gasteiger partial charge >= 0.3 is 5.91 Å². The minimum Gasteiger partial charge on any atom is -0.507 e. The number of anilines is 1. The molecule has 10 nitrogen and oxygen atoms in total. The molecule has 0 radical (unpaired) electrons. The van der Waals surface area contributed by atoms with Crippen LogP contribution in [0.5, 0.6) is 23.0 Å². The number of aliphatic hydroxyl groups is 1. The topological polar surface area (TPSA) is 120 Å². The fraction of sp³-hybridized carbons (Fsp3) is 0.226. The van der Waals surface area contributed by atoms with Gasteiger partial charge in [0.15, 0.2) is 15.8 Å². The first kappa shape index (κ1) is 32.4. The summed E-state index contributed by atoms with van der Waals surface area (Å²) in [4.78, 5) is 28.6. The molecular weight excluding hydrogens is 661 g/mol. The number of aromatic nitrogens is 2. The summed E-state index contributed by atoms with van der Waals surface area (Å²) in [5.74, 6) is -0.158. The lowest BCUT2D eigenvalue weighted by molar-refractivity contribution is -0.132.